The summed E-state index contributed by atoms with van der Waals surface area (Å²) < 4.78 is 5.70. The Balaban J connectivity index is 1.52. The number of rotatable bonds is 6. The highest BCUT2D eigenvalue weighted by molar-refractivity contribution is 6.14. The zero-order valence-electron chi connectivity index (χ0n) is 19.4. The third kappa shape index (κ3) is 4.27. The molecule has 5 rings (SSSR count). The van der Waals surface area contributed by atoms with Crippen LogP contribution in [0.1, 0.15) is 41.1 Å². The molecule has 3 aromatic rings. The van der Waals surface area contributed by atoms with Gasteiger partial charge in [0.1, 0.15) is 11.5 Å². The van der Waals surface area contributed by atoms with Crippen molar-refractivity contribution in [2.24, 2.45) is 10.9 Å². The lowest BCUT2D eigenvalue weighted by Gasteiger charge is -2.30. The van der Waals surface area contributed by atoms with Gasteiger partial charge in [-0.25, -0.2) is 10.9 Å². The van der Waals surface area contributed by atoms with E-state index in [1.165, 1.54) is 16.5 Å². The zero-order chi connectivity index (χ0) is 22.9. The first-order valence-electron chi connectivity index (χ1n) is 11.5. The average molecular weight is 446 g/mol. The van der Waals surface area contributed by atoms with Gasteiger partial charge in [0.25, 0.3) is 0 Å². The summed E-state index contributed by atoms with van der Waals surface area (Å²) in [6.07, 6.45) is 6.14. The molecule has 0 aliphatic carbocycles. The van der Waals surface area contributed by atoms with Crippen molar-refractivity contribution >= 4 is 22.7 Å². The Morgan fingerprint density at radius 3 is 2.67 bits per heavy atom. The van der Waals surface area contributed by atoms with E-state index in [0.717, 1.165) is 72.2 Å². The number of H-pyrrole nitrogens is 2. The minimum Gasteiger partial charge on any atom is -0.494 e. The molecule has 0 amide bonds. The van der Waals surface area contributed by atoms with Crippen molar-refractivity contribution in [2.45, 2.75) is 39.3 Å². The number of piperidine rings is 1. The minimum atomic E-state index is 0.155. The van der Waals surface area contributed by atoms with E-state index in [1.54, 1.807) is 7.11 Å². The zero-order valence-corrected chi connectivity index (χ0v) is 19.4. The highest BCUT2D eigenvalue weighted by Gasteiger charge is 2.25. The number of benzene rings is 1. The van der Waals surface area contributed by atoms with Crippen molar-refractivity contribution in [1.82, 2.24) is 14.9 Å². The number of nitrogens with two attached hydrogens (primary N) is 1. The molecular weight excluding hydrogens is 414 g/mol. The molecule has 7 nitrogen and oxygen atoms in total. The summed E-state index contributed by atoms with van der Waals surface area (Å²) in [6, 6.07) is 10.6. The van der Waals surface area contributed by atoms with Crippen LogP contribution in [0.2, 0.25) is 0 Å². The number of nitrogens with zero attached hydrogens (tertiary/aromatic N) is 2. The van der Waals surface area contributed by atoms with Crippen LogP contribution in [0, 0.1) is 13.8 Å². The molecule has 33 heavy (non-hydrogen) atoms. The highest BCUT2D eigenvalue weighted by atomic mass is 16.6. The molecule has 172 valence electrons. The first-order valence-corrected chi connectivity index (χ1v) is 11.5. The second kappa shape index (κ2) is 9.02. The van der Waals surface area contributed by atoms with Crippen LogP contribution in [-0.4, -0.2) is 46.9 Å². The smallest absolute Gasteiger partial charge is 0.146 e. The van der Waals surface area contributed by atoms with Gasteiger partial charge in [0.15, 0.2) is 0 Å². The number of hydrogen-bond acceptors (Lipinski definition) is 5. The summed E-state index contributed by atoms with van der Waals surface area (Å²) in [4.78, 5) is 19.5. The Morgan fingerprint density at radius 2 is 1.97 bits per heavy atom. The molecule has 0 radical (unpaired) electrons. The molecule has 0 bridgehead atoms. The number of ether oxygens (including phenoxy) is 1. The third-order valence-corrected chi connectivity index (χ3v) is 6.63. The molecular formula is C26H31N5O2. The molecule has 0 saturated carbocycles. The van der Waals surface area contributed by atoms with Gasteiger partial charge in [-0.3, -0.25) is 4.90 Å². The van der Waals surface area contributed by atoms with Gasteiger partial charge in [-0.1, -0.05) is 18.2 Å². The van der Waals surface area contributed by atoms with Crippen LogP contribution < -0.4 is 5.90 Å². The van der Waals surface area contributed by atoms with E-state index < -0.39 is 0 Å². The Kier molecular flexibility index (Phi) is 5.93. The number of methoxy groups -OCH3 is 1. The number of likely N-dealkylation sites (tertiary alicyclic amines) is 1. The fourth-order valence-electron chi connectivity index (χ4n) is 4.86. The average Bonchev–Trinajstić information content (AvgIpc) is 3.49. The van der Waals surface area contributed by atoms with Crippen LogP contribution in [-0.2, 0) is 16.1 Å². The Bertz CT molecular complexity index is 1250. The van der Waals surface area contributed by atoms with E-state index in [-0.39, 0.29) is 6.10 Å². The topological polar surface area (TPSA) is 91.7 Å². The second-order valence-corrected chi connectivity index (χ2v) is 8.92. The fraction of sp³-hybridized carbons (Fsp3) is 0.346. The predicted molar refractivity (Wildman–Crippen MR) is 132 cm³/mol. The normalized spacial score (nSPS) is 18.8. The van der Waals surface area contributed by atoms with Gasteiger partial charge in [-0.15, -0.1) is 0 Å². The van der Waals surface area contributed by atoms with E-state index >= 15 is 0 Å². The predicted octanol–water partition coefficient (Wildman–Crippen LogP) is 4.34. The Morgan fingerprint density at radius 1 is 1.18 bits per heavy atom. The summed E-state index contributed by atoms with van der Waals surface area (Å²) in [5, 5.41) is 1.23. The first-order chi connectivity index (χ1) is 16.1. The molecule has 4 heterocycles. The lowest BCUT2D eigenvalue weighted by molar-refractivity contribution is 0.00501. The van der Waals surface area contributed by atoms with Crippen LogP contribution in [0.3, 0.4) is 0 Å². The summed E-state index contributed by atoms with van der Waals surface area (Å²) in [6.45, 7) is 6.93. The molecule has 0 atom stereocenters. The number of aromatic amines is 2. The van der Waals surface area contributed by atoms with Crippen LogP contribution in [0.5, 0.6) is 0 Å². The number of fused-ring (bicyclic) bond motifs is 1. The van der Waals surface area contributed by atoms with Crippen LogP contribution in [0.4, 0.5) is 0 Å². The molecule has 1 saturated heterocycles. The van der Waals surface area contributed by atoms with Crippen molar-refractivity contribution in [2.75, 3.05) is 20.2 Å². The van der Waals surface area contributed by atoms with Crippen LogP contribution in [0.15, 0.2) is 52.9 Å². The number of nitrogens with one attached hydrogen (secondary N) is 2. The quantitative estimate of drug-likeness (QED) is 0.492. The number of aromatic nitrogens is 2. The van der Waals surface area contributed by atoms with Crippen molar-refractivity contribution in [3.63, 3.8) is 0 Å². The molecule has 1 aromatic carbocycles. The lowest BCUT2D eigenvalue weighted by atomic mass is 10.0. The van der Waals surface area contributed by atoms with E-state index in [4.69, 9.17) is 20.5 Å². The van der Waals surface area contributed by atoms with Crippen LogP contribution in [0.25, 0.3) is 17.0 Å². The van der Waals surface area contributed by atoms with Gasteiger partial charge in [-0.05, 0) is 50.5 Å². The molecule has 4 N–H and O–H groups in total. The molecule has 2 aliphatic rings. The van der Waals surface area contributed by atoms with Crippen molar-refractivity contribution in [3.8, 4) is 0 Å². The third-order valence-electron chi connectivity index (χ3n) is 6.63. The number of aliphatic imine (C=N–C) groups is 1. The monoisotopic (exact) mass is 445 g/mol. The molecule has 0 spiro atoms. The number of hydrogen-bond donors (Lipinski definition) is 3. The molecule has 2 aromatic heterocycles. The summed E-state index contributed by atoms with van der Waals surface area (Å²) in [5.74, 6) is 6.17. The highest BCUT2D eigenvalue weighted by Crippen LogP contribution is 2.31. The number of allylic oxidation sites excluding steroid dienone is 1. The van der Waals surface area contributed by atoms with Crippen LogP contribution >= 0.6 is 0 Å². The van der Waals surface area contributed by atoms with Crippen molar-refractivity contribution in [1.29, 1.82) is 0 Å². The van der Waals surface area contributed by atoms with E-state index in [0.29, 0.717) is 0 Å². The van der Waals surface area contributed by atoms with Gasteiger partial charge < -0.3 is 19.5 Å². The molecule has 0 unspecified atom stereocenters. The van der Waals surface area contributed by atoms with Gasteiger partial charge in [0, 0.05) is 53.6 Å². The summed E-state index contributed by atoms with van der Waals surface area (Å²) in [7, 11) is 1.70. The van der Waals surface area contributed by atoms with E-state index in [1.807, 2.05) is 6.08 Å². The summed E-state index contributed by atoms with van der Waals surface area (Å²) >= 11 is 0. The lowest BCUT2D eigenvalue weighted by Crippen LogP contribution is -2.37. The van der Waals surface area contributed by atoms with E-state index in [9.17, 15) is 0 Å². The Hall–Kier alpha value is -3.13. The van der Waals surface area contributed by atoms with Gasteiger partial charge in [0.05, 0.1) is 24.6 Å². The Labute approximate surface area is 193 Å². The standard InChI is InChI=1S/C26H31N5O2/c1-16-12-17(2)28-22(16)13-23-25(32-3)14-24(29-23)26-20(19-6-4-5-7-21(19)30-26)15-31-10-8-18(33-27)9-11-31/h4-7,12-14,18,28,30H,8-11,15,27H2,1-3H3/b23-13-. The van der Waals surface area contributed by atoms with Gasteiger partial charge in [-0.2, -0.15) is 0 Å². The maximum absolute atomic E-state index is 5.70. The maximum atomic E-state index is 5.70. The van der Waals surface area contributed by atoms with Gasteiger partial charge in [0.2, 0.25) is 0 Å². The van der Waals surface area contributed by atoms with Gasteiger partial charge >= 0.3 is 0 Å². The number of para-hydroxylation sites is 1. The first kappa shape index (κ1) is 21.7. The molecule has 7 heteroatoms. The van der Waals surface area contributed by atoms with Crippen molar-refractivity contribution in [3.05, 3.63) is 76.1 Å². The van der Waals surface area contributed by atoms with E-state index in [2.05, 4.69) is 65.1 Å². The van der Waals surface area contributed by atoms with Crippen molar-refractivity contribution < 1.29 is 9.57 Å². The minimum absolute atomic E-state index is 0.155. The second-order valence-electron chi connectivity index (χ2n) is 8.92. The molecule has 1 fully saturated rings. The maximum Gasteiger partial charge on any atom is 0.146 e. The fourth-order valence-corrected chi connectivity index (χ4v) is 4.86. The largest absolute Gasteiger partial charge is 0.494 e. The molecule has 2 aliphatic heterocycles. The SMILES string of the molecule is COC1=CC(c2[nH]c3ccccc3c2CN2CCC(ON)CC2)=N/C1=C\c1[nH]c(C)cc1C. The number of aryl methyl sites for hydroxylation is 2. The summed E-state index contributed by atoms with van der Waals surface area (Å²) in [5.41, 5.74) is 8.51.